The molecule has 17 heavy (non-hydrogen) atoms. The van der Waals surface area contributed by atoms with Gasteiger partial charge < -0.3 is 9.64 Å². The van der Waals surface area contributed by atoms with Crippen LogP contribution in [0.4, 0.5) is 0 Å². The number of ether oxygens (including phenoxy) is 1. The van der Waals surface area contributed by atoms with Gasteiger partial charge in [-0.1, -0.05) is 13.8 Å². The minimum Gasteiger partial charge on any atom is -0.492 e. The van der Waals surface area contributed by atoms with Gasteiger partial charge in [-0.05, 0) is 47.2 Å². The van der Waals surface area contributed by atoms with Crippen molar-refractivity contribution in [1.82, 2.24) is 4.90 Å². The number of rotatable bonds is 6. The zero-order valence-corrected chi connectivity index (χ0v) is 11.8. The van der Waals surface area contributed by atoms with Crippen LogP contribution in [0.5, 0.6) is 5.75 Å². The molecular weight excluding hydrogens is 280 g/mol. The van der Waals surface area contributed by atoms with E-state index in [4.69, 9.17) is 10.00 Å². The van der Waals surface area contributed by atoms with Crippen molar-refractivity contribution >= 4 is 15.9 Å². The average molecular weight is 297 g/mol. The molecule has 0 aliphatic rings. The van der Waals surface area contributed by atoms with Crippen LogP contribution in [0.2, 0.25) is 0 Å². The summed E-state index contributed by atoms with van der Waals surface area (Å²) >= 11 is 3.34. The number of hydrogen-bond acceptors (Lipinski definition) is 3. The quantitative estimate of drug-likeness (QED) is 0.809. The van der Waals surface area contributed by atoms with Crippen LogP contribution in [0.1, 0.15) is 19.4 Å². The van der Waals surface area contributed by atoms with E-state index < -0.39 is 0 Å². The van der Waals surface area contributed by atoms with E-state index in [0.29, 0.717) is 12.2 Å². The van der Waals surface area contributed by atoms with Gasteiger partial charge in [0.2, 0.25) is 0 Å². The Morgan fingerprint density at radius 2 is 2.06 bits per heavy atom. The van der Waals surface area contributed by atoms with Gasteiger partial charge in [0.05, 0.1) is 5.56 Å². The molecule has 4 heteroatoms. The molecule has 0 unspecified atom stereocenters. The van der Waals surface area contributed by atoms with Gasteiger partial charge in [-0.15, -0.1) is 0 Å². The SMILES string of the molecule is CCN(CC)CCOc1ccc(C#N)c(Br)c1. The third-order valence-electron chi connectivity index (χ3n) is 2.63. The highest BCUT2D eigenvalue weighted by Crippen LogP contribution is 2.22. The summed E-state index contributed by atoms with van der Waals surface area (Å²) < 4.78 is 6.42. The molecule has 0 spiro atoms. The lowest BCUT2D eigenvalue weighted by Gasteiger charge is -2.18. The summed E-state index contributed by atoms with van der Waals surface area (Å²) in [5.74, 6) is 0.794. The molecule has 0 amide bonds. The summed E-state index contributed by atoms with van der Waals surface area (Å²) in [6, 6.07) is 7.52. The molecule has 0 fully saturated rings. The Bertz CT molecular complexity index is 397. The molecule has 3 nitrogen and oxygen atoms in total. The third-order valence-corrected chi connectivity index (χ3v) is 3.29. The highest BCUT2D eigenvalue weighted by molar-refractivity contribution is 9.10. The van der Waals surface area contributed by atoms with Crippen molar-refractivity contribution in [3.05, 3.63) is 28.2 Å². The maximum Gasteiger partial charge on any atom is 0.120 e. The van der Waals surface area contributed by atoms with Gasteiger partial charge in [0, 0.05) is 11.0 Å². The second-order valence-electron chi connectivity index (χ2n) is 3.63. The van der Waals surface area contributed by atoms with Gasteiger partial charge in [-0.25, -0.2) is 0 Å². The molecule has 0 aliphatic heterocycles. The monoisotopic (exact) mass is 296 g/mol. The molecule has 0 aliphatic carbocycles. The molecule has 92 valence electrons. The Balaban J connectivity index is 2.48. The molecule has 0 heterocycles. The maximum absolute atomic E-state index is 8.79. The smallest absolute Gasteiger partial charge is 0.120 e. The molecule has 1 aromatic carbocycles. The van der Waals surface area contributed by atoms with Crippen LogP contribution < -0.4 is 4.74 Å². The first kappa shape index (κ1) is 14.0. The molecule has 0 bridgehead atoms. The number of nitrogens with zero attached hydrogens (tertiary/aromatic N) is 2. The van der Waals surface area contributed by atoms with Gasteiger partial charge in [0.25, 0.3) is 0 Å². The summed E-state index contributed by atoms with van der Waals surface area (Å²) in [7, 11) is 0. The minimum absolute atomic E-state index is 0.626. The fraction of sp³-hybridized carbons (Fsp3) is 0.462. The van der Waals surface area contributed by atoms with E-state index >= 15 is 0 Å². The Kier molecular flexibility index (Phi) is 6.03. The fourth-order valence-electron chi connectivity index (χ4n) is 1.51. The van der Waals surface area contributed by atoms with Crippen LogP contribution in [0.15, 0.2) is 22.7 Å². The van der Waals surface area contributed by atoms with Crippen molar-refractivity contribution in [2.45, 2.75) is 13.8 Å². The first-order chi connectivity index (χ1) is 8.21. The summed E-state index contributed by atoms with van der Waals surface area (Å²) in [5, 5.41) is 8.79. The van der Waals surface area contributed by atoms with Crippen molar-refractivity contribution in [2.75, 3.05) is 26.2 Å². The molecular formula is C13H17BrN2O. The lowest BCUT2D eigenvalue weighted by Crippen LogP contribution is -2.27. The highest BCUT2D eigenvalue weighted by Gasteiger charge is 2.02. The Morgan fingerprint density at radius 1 is 1.35 bits per heavy atom. The zero-order valence-electron chi connectivity index (χ0n) is 10.2. The molecule has 0 N–H and O–H groups in total. The summed E-state index contributed by atoms with van der Waals surface area (Å²) in [6.45, 7) is 7.95. The number of nitriles is 1. The Labute approximate surface area is 111 Å². The third kappa shape index (κ3) is 4.37. The Morgan fingerprint density at radius 3 is 2.59 bits per heavy atom. The first-order valence-electron chi connectivity index (χ1n) is 5.76. The molecule has 1 rings (SSSR count). The van der Waals surface area contributed by atoms with Crippen LogP contribution in [-0.2, 0) is 0 Å². The topological polar surface area (TPSA) is 36.3 Å². The van der Waals surface area contributed by atoms with Crippen molar-refractivity contribution < 1.29 is 4.74 Å². The van der Waals surface area contributed by atoms with Crippen LogP contribution in [0.25, 0.3) is 0 Å². The molecule has 0 atom stereocenters. The molecule has 1 aromatic rings. The number of halogens is 1. The maximum atomic E-state index is 8.79. The van der Waals surface area contributed by atoms with Crippen molar-refractivity contribution in [2.24, 2.45) is 0 Å². The van der Waals surface area contributed by atoms with Gasteiger partial charge in [-0.2, -0.15) is 5.26 Å². The van der Waals surface area contributed by atoms with E-state index in [1.54, 1.807) is 6.07 Å². The minimum atomic E-state index is 0.626. The average Bonchev–Trinajstić information content (AvgIpc) is 2.35. The van der Waals surface area contributed by atoms with Crippen molar-refractivity contribution in [3.63, 3.8) is 0 Å². The first-order valence-corrected chi connectivity index (χ1v) is 6.55. The van der Waals surface area contributed by atoms with E-state index in [-0.39, 0.29) is 0 Å². The van der Waals surface area contributed by atoms with Crippen molar-refractivity contribution in [3.8, 4) is 11.8 Å². The molecule has 0 saturated carbocycles. The van der Waals surface area contributed by atoms with E-state index in [0.717, 1.165) is 29.9 Å². The summed E-state index contributed by atoms with van der Waals surface area (Å²) in [5.41, 5.74) is 0.626. The van der Waals surface area contributed by atoms with Crippen LogP contribution in [0, 0.1) is 11.3 Å². The van der Waals surface area contributed by atoms with Gasteiger partial charge >= 0.3 is 0 Å². The lowest BCUT2D eigenvalue weighted by atomic mass is 10.2. The summed E-state index contributed by atoms with van der Waals surface area (Å²) in [4.78, 5) is 2.30. The largest absolute Gasteiger partial charge is 0.492 e. The number of likely N-dealkylation sites (N-methyl/N-ethyl adjacent to an activating group) is 1. The van der Waals surface area contributed by atoms with Gasteiger partial charge in [-0.3, -0.25) is 0 Å². The van der Waals surface area contributed by atoms with Crippen LogP contribution in [0.3, 0.4) is 0 Å². The predicted octanol–water partition coefficient (Wildman–Crippen LogP) is 3.04. The lowest BCUT2D eigenvalue weighted by molar-refractivity contribution is 0.222. The van der Waals surface area contributed by atoms with Gasteiger partial charge in [0.15, 0.2) is 0 Å². The van der Waals surface area contributed by atoms with Crippen LogP contribution in [-0.4, -0.2) is 31.1 Å². The van der Waals surface area contributed by atoms with Gasteiger partial charge in [0.1, 0.15) is 18.4 Å². The van der Waals surface area contributed by atoms with Crippen LogP contribution >= 0.6 is 15.9 Å². The van der Waals surface area contributed by atoms with E-state index in [1.807, 2.05) is 12.1 Å². The summed E-state index contributed by atoms with van der Waals surface area (Å²) in [6.07, 6.45) is 0. The second kappa shape index (κ2) is 7.31. The van der Waals surface area contributed by atoms with E-state index in [1.165, 1.54) is 0 Å². The predicted molar refractivity (Wildman–Crippen MR) is 72.1 cm³/mol. The standard InChI is InChI=1S/C13H17BrN2O/c1-3-16(4-2)7-8-17-12-6-5-11(10-15)13(14)9-12/h5-6,9H,3-4,7-8H2,1-2H3. The molecule has 0 aromatic heterocycles. The number of hydrogen-bond donors (Lipinski definition) is 0. The normalized spacial score (nSPS) is 10.3. The number of benzene rings is 1. The van der Waals surface area contributed by atoms with E-state index in [2.05, 4.69) is 40.7 Å². The second-order valence-corrected chi connectivity index (χ2v) is 4.48. The van der Waals surface area contributed by atoms with E-state index in [9.17, 15) is 0 Å². The highest BCUT2D eigenvalue weighted by atomic mass is 79.9. The zero-order chi connectivity index (χ0) is 12.7. The van der Waals surface area contributed by atoms with Crippen molar-refractivity contribution in [1.29, 1.82) is 5.26 Å². The molecule has 0 saturated heterocycles. The Hall–Kier alpha value is -1.05. The molecule has 0 radical (unpaired) electrons. The fourth-order valence-corrected chi connectivity index (χ4v) is 1.96.